The maximum atomic E-state index is 5.59. The topological polar surface area (TPSA) is 41.4 Å². The number of hydrogen-bond donors (Lipinski definition) is 1. The molecule has 5 nitrogen and oxygen atoms in total. The molecule has 1 heterocycles. The standard InChI is InChI=1S/C15H23NO4/c1-17-14-2-4-15(5-3-14)20-13-12-19-11-8-16-6-9-18-10-7-16/h2-5H,6-13H2,1H3/p+1. The molecule has 0 unspecified atom stereocenters. The van der Waals surface area contributed by atoms with Gasteiger partial charge >= 0.3 is 0 Å². The zero-order valence-corrected chi connectivity index (χ0v) is 12.1. The molecule has 0 spiro atoms. The largest absolute Gasteiger partial charge is 0.497 e. The van der Waals surface area contributed by atoms with Gasteiger partial charge in [0.15, 0.2) is 0 Å². The minimum Gasteiger partial charge on any atom is -0.497 e. The molecule has 20 heavy (non-hydrogen) atoms. The highest BCUT2D eigenvalue weighted by atomic mass is 16.5. The first-order chi connectivity index (χ1) is 9.88. The second kappa shape index (κ2) is 8.79. The molecule has 1 saturated heterocycles. The Morgan fingerprint density at radius 3 is 2.40 bits per heavy atom. The molecule has 0 atom stereocenters. The van der Waals surface area contributed by atoms with E-state index in [0.717, 1.165) is 51.0 Å². The number of benzene rings is 1. The summed E-state index contributed by atoms with van der Waals surface area (Å²) < 4.78 is 21.6. The molecular formula is C15H24NO4+. The maximum Gasteiger partial charge on any atom is 0.119 e. The van der Waals surface area contributed by atoms with Crippen molar-refractivity contribution in [3.63, 3.8) is 0 Å². The lowest BCUT2D eigenvalue weighted by atomic mass is 10.3. The number of quaternary nitrogens is 1. The van der Waals surface area contributed by atoms with Gasteiger partial charge < -0.3 is 23.8 Å². The van der Waals surface area contributed by atoms with Crippen LogP contribution in [-0.2, 0) is 9.47 Å². The van der Waals surface area contributed by atoms with Crippen LogP contribution in [0.4, 0.5) is 0 Å². The highest BCUT2D eigenvalue weighted by molar-refractivity contribution is 5.31. The van der Waals surface area contributed by atoms with E-state index < -0.39 is 0 Å². The van der Waals surface area contributed by atoms with Gasteiger partial charge in [0.2, 0.25) is 0 Å². The van der Waals surface area contributed by atoms with Crippen LogP contribution < -0.4 is 14.4 Å². The summed E-state index contributed by atoms with van der Waals surface area (Å²) in [5, 5.41) is 0. The summed E-state index contributed by atoms with van der Waals surface area (Å²) in [6.07, 6.45) is 0. The van der Waals surface area contributed by atoms with E-state index in [4.69, 9.17) is 18.9 Å². The zero-order valence-electron chi connectivity index (χ0n) is 12.1. The van der Waals surface area contributed by atoms with Crippen molar-refractivity contribution >= 4 is 0 Å². The van der Waals surface area contributed by atoms with E-state index in [0.29, 0.717) is 13.2 Å². The Kier molecular flexibility index (Phi) is 6.63. The van der Waals surface area contributed by atoms with Crippen LogP contribution in [0.5, 0.6) is 11.5 Å². The SMILES string of the molecule is COc1ccc(OCCOCC[NH+]2CCOCC2)cc1. The number of hydrogen-bond acceptors (Lipinski definition) is 4. The molecule has 1 aromatic carbocycles. The molecule has 1 fully saturated rings. The van der Waals surface area contributed by atoms with Crippen molar-refractivity contribution < 1.29 is 23.8 Å². The van der Waals surface area contributed by atoms with Gasteiger partial charge in [0.1, 0.15) is 37.7 Å². The van der Waals surface area contributed by atoms with Crippen LogP contribution in [0.2, 0.25) is 0 Å². The molecule has 1 aliphatic heterocycles. The molecule has 1 aliphatic rings. The highest BCUT2D eigenvalue weighted by Crippen LogP contribution is 2.16. The van der Waals surface area contributed by atoms with E-state index >= 15 is 0 Å². The van der Waals surface area contributed by atoms with Crippen molar-refractivity contribution in [1.29, 1.82) is 0 Å². The van der Waals surface area contributed by atoms with E-state index in [1.165, 1.54) is 0 Å². The van der Waals surface area contributed by atoms with Crippen LogP contribution in [0.3, 0.4) is 0 Å². The summed E-state index contributed by atoms with van der Waals surface area (Å²) in [6, 6.07) is 7.57. The third-order valence-corrected chi connectivity index (χ3v) is 3.36. The van der Waals surface area contributed by atoms with E-state index in [9.17, 15) is 0 Å². The van der Waals surface area contributed by atoms with E-state index in [-0.39, 0.29) is 0 Å². The molecule has 1 N–H and O–H groups in total. The third-order valence-electron chi connectivity index (χ3n) is 3.36. The molecule has 0 bridgehead atoms. The highest BCUT2D eigenvalue weighted by Gasteiger charge is 2.12. The smallest absolute Gasteiger partial charge is 0.119 e. The first-order valence-corrected chi connectivity index (χ1v) is 7.14. The van der Waals surface area contributed by atoms with Crippen molar-refractivity contribution in [1.82, 2.24) is 0 Å². The molecule has 0 aliphatic carbocycles. The lowest BCUT2D eigenvalue weighted by molar-refractivity contribution is -0.908. The molecule has 0 amide bonds. The Labute approximate surface area is 120 Å². The first kappa shape index (κ1) is 15.1. The van der Waals surface area contributed by atoms with E-state index in [2.05, 4.69) is 0 Å². The summed E-state index contributed by atoms with van der Waals surface area (Å²) in [7, 11) is 1.65. The second-order valence-electron chi connectivity index (χ2n) is 4.75. The molecule has 0 radical (unpaired) electrons. The number of nitrogens with one attached hydrogen (secondary N) is 1. The van der Waals surface area contributed by atoms with Gasteiger partial charge in [0.25, 0.3) is 0 Å². The lowest BCUT2D eigenvalue weighted by Gasteiger charge is -2.23. The van der Waals surface area contributed by atoms with Crippen molar-refractivity contribution in [2.75, 3.05) is 59.8 Å². The Hall–Kier alpha value is -1.30. The number of methoxy groups -OCH3 is 1. The fourth-order valence-electron chi connectivity index (χ4n) is 2.12. The quantitative estimate of drug-likeness (QED) is 0.682. The second-order valence-corrected chi connectivity index (χ2v) is 4.75. The van der Waals surface area contributed by atoms with Crippen LogP contribution in [-0.4, -0.2) is 59.8 Å². The van der Waals surface area contributed by atoms with E-state index in [1.807, 2.05) is 24.3 Å². The predicted octanol–water partition coefficient (Wildman–Crippen LogP) is 0.00570. The van der Waals surface area contributed by atoms with Gasteiger partial charge in [0.05, 0.1) is 33.5 Å². The summed E-state index contributed by atoms with van der Waals surface area (Å²) in [6.45, 7) is 6.94. The lowest BCUT2D eigenvalue weighted by Crippen LogP contribution is -3.14. The minimum atomic E-state index is 0.574. The minimum absolute atomic E-state index is 0.574. The Morgan fingerprint density at radius 2 is 1.70 bits per heavy atom. The van der Waals surface area contributed by atoms with Gasteiger partial charge in [-0.2, -0.15) is 0 Å². The van der Waals surface area contributed by atoms with Crippen LogP contribution in [0, 0.1) is 0 Å². The van der Waals surface area contributed by atoms with Crippen LogP contribution in [0.15, 0.2) is 24.3 Å². The number of rotatable bonds is 8. The van der Waals surface area contributed by atoms with Crippen molar-refractivity contribution in [2.45, 2.75) is 0 Å². The van der Waals surface area contributed by atoms with Gasteiger partial charge in [-0.3, -0.25) is 0 Å². The van der Waals surface area contributed by atoms with Gasteiger partial charge in [0, 0.05) is 0 Å². The van der Waals surface area contributed by atoms with Crippen molar-refractivity contribution in [3.05, 3.63) is 24.3 Å². The Balaban J connectivity index is 1.50. The average Bonchev–Trinajstić information content (AvgIpc) is 2.52. The zero-order chi connectivity index (χ0) is 14.0. The summed E-state index contributed by atoms with van der Waals surface area (Å²) in [5.74, 6) is 1.68. The van der Waals surface area contributed by atoms with Crippen molar-refractivity contribution in [3.8, 4) is 11.5 Å². The van der Waals surface area contributed by atoms with E-state index in [1.54, 1.807) is 12.0 Å². The number of morpholine rings is 1. The van der Waals surface area contributed by atoms with Crippen LogP contribution >= 0.6 is 0 Å². The molecule has 0 aromatic heterocycles. The maximum absolute atomic E-state index is 5.59. The molecular weight excluding hydrogens is 258 g/mol. The summed E-state index contributed by atoms with van der Waals surface area (Å²) >= 11 is 0. The Bertz CT molecular complexity index is 363. The first-order valence-electron chi connectivity index (χ1n) is 7.14. The van der Waals surface area contributed by atoms with Crippen LogP contribution in [0.1, 0.15) is 0 Å². The van der Waals surface area contributed by atoms with Gasteiger partial charge in [-0.15, -0.1) is 0 Å². The summed E-state index contributed by atoms with van der Waals surface area (Å²) in [4.78, 5) is 1.56. The normalized spacial score (nSPS) is 16.1. The molecule has 5 heteroatoms. The van der Waals surface area contributed by atoms with Gasteiger partial charge in [-0.05, 0) is 24.3 Å². The fraction of sp³-hybridized carbons (Fsp3) is 0.600. The van der Waals surface area contributed by atoms with Crippen molar-refractivity contribution in [2.24, 2.45) is 0 Å². The predicted molar refractivity (Wildman–Crippen MR) is 75.7 cm³/mol. The molecule has 0 saturated carbocycles. The molecule has 112 valence electrons. The third kappa shape index (κ3) is 5.36. The average molecular weight is 282 g/mol. The summed E-state index contributed by atoms with van der Waals surface area (Å²) in [5.41, 5.74) is 0. The fourth-order valence-corrected chi connectivity index (χ4v) is 2.12. The molecule has 1 aromatic rings. The monoisotopic (exact) mass is 282 g/mol. The molecule has 2 rings (SSSR count). The van der Waals surface area contributed by atoms with Crippen LogP contribution in [0.25, 0.3) is 0 Å². The van der Waals surface area contributed by atoms with Gasteiger partial charge in [-0.1, -0.05) is 0 Å². The Morgan fingerprint density at radius 1 is 1.00 bits per heavy atom. The van der Waals surface area contributed by atoms with Gasteiger partial charge in [-0.25, -0.2) is 0 Å². The number of ether oxygens (including phenoxy) is 4.